The summed E-state index contributed by atoms with van der Waals surface area (Å²) in [4.78, 5) is 23.8. The fourth-order valence-electron chi connectivity index (χ4n) is 3.26. The van der Waals surface area contributed by atoms with Crippen LogP contribution in [0.4, 0.5) is 14.5 Å². The van der Waals surface area contributed by atoms with E-state index in [0.29, 0.717) is 23.5 Å². The van der Waals surface area contributed by atoms with E-state index in [9.17, 15) is 13.6 Å². The first-order valence-corrected chi connectivity index (χ1v) is 9.78. The summed E-state index contributed by atoms with van der Waals surface area (Å²) in [5.41, 5.74) is 11.2. The van der Waals surface area contributed by atoms with E-state index < -0.39 is 35.6 Å². The maximum Gasteiger partial charge on any atom is 0.270 e. The minimum atomic E-state index is -3.05. The smallest absolute Gasteiger partial charge is 0.270 e. The highest BCUT2D eigenvalue weighted by Gasteiger charge is 2.44. The highest BCUT2D eigenvalue weighted by molar-refractivity contribution is 6.67. The van der Waals surface area contributed by atoms with Crippen LogP contribution in [0.2, 0.25) is 0 Å². The second kappa shape index (κ2) is 9.56. The van der Waals surface area contributed by atoms with Gasteiger partial charge in [0.1, 0.15) is 0 Å². The third-order valence-corrected chi connectivity index (χ3v) is 4.92. The standard InChI is InChI=1S/C20H23F2N9O/c21-20(22)7-2-6-13(15(20)24)30-19(26)31-18(14(23)16(25)32)29-12-5-1-4-11(10-12)17-27-8-3-9-28-17/h1,3-5,8-10,13,15,23H,2,6-7,24H2,(H2,25,32)(H3,26,29,30,31)/t13-,15-/m1/s1. The summed E-state index contributed by atoms with van der Waals surface area (Å²) in [6.07, 6.45) is 3.44. The molecule has 0 unspecified atom stereocenters. The summed E-state index contributed by atoms with van der Waals surface area (Å²) in [7, 11) is 0. The second-order valence-corrected chi connectivity index (χ2v) is 7.26. The maximum absolute atomic E-state index is 13.9. The molecule has 3 rings (SSSR count). The molecule has 1 amide bonds. The molecule has 1 aliphatic carbocycles. The Morgan fingerprint density at radius 3 is 2.62 bits per heavy atom. The van der Waals surface area contributed by atoms with E-state index in [0.717, 1.165) is 0 Å². The van der Waals surface area contributed by atoms with Crippen LogP contribution in [0.5, 0.6) is 0 Å². The molecule has 1 saturated carbocycles. The molecule has 0 aliphatic heterocycles. The lowest BCUT2D eigenvalue weighted by Gasteiger charge is -2.35. The number of halogens is 2. The number of nitrogens with two attached hydrogens (primary N) is 2. The maximum atomic E-state index is 13.9. The lowest BCUT2D eigenvalue weighted by atomic mass is 9.87. The van der Waals surface area contributed by atoms with Crippen LogP contribution in [-0.4, -0.2) is 51.4 Å². The van der Waals surface area contributed by atoms with Gasteiger partial charge in [-0.3, -0.25) is 15.6 Å². The van der Waals surface area contributed by atoms with Gasteiger partial charge in [-0.05, 0) is 31.0 Å². The number of amides is 1. The number of anilines is 1. The number of benzene rings is 1. The Bertz CT molecular complexity index is 1040. The first kappa shape index (κ1) is 22.9. The topological polar surface area (TPSA) is 179 Å². The summed E-state index contributed by atoms with van der Waals surface area (Å²) in [5.74, 6) is -4.52. The van der Waals surface area contributed by atoms with Crippen molar-refractivity contribution in [2.24, 2.45) is 16.5 Å². The van der Waals surface area contributed by atoms with E-state index in [-0.39, 0.29) is 18.7 Å². The molecule has 2 aromatic rings. The van der Waals surface area contributed by atoms with E-state index in [1.807, 2.05) is 0 Å². The van der Waals surface area contributed by atoms with Crippen LogP contribution >= 0.6 is 0 Å². The Kier molecular flexibility index (Phi) is 6.83. The van der Waals surface area contributed by atoms with Crippen molar-refractivity contribution in [3.8, 4) is 11.4 Å². The molecule has 1 fully saturated rings. The largest absolute Gasteiger partial charge is 0.364 e. The van der Waals surface area contributed by atoms with E-state index in [1.165, 1.54) is 0 Å². The van der Waals surface area contributed by atoms with Gasteiger partial charge in [-0.15, -0.1) is 0 Å². The van der Waals surface area contributed by atoms with E-state index >= 15 is 0 Å². The molecule has 8 N–H and O–H groups in total. The van der Waals surface area contributed by atoms with Gasteiger partial charge in [-0.2, -0.15) is 4.99 Å². The van der Waals surface area contributed by atoms with Crippen molar-refractivity contribution >= 4 is 29.1 Å². The van der Waals surface area contributed by atoms with Crippen LogP contribution in [-0.2, 0) is 4.79 Å². The fourth-order valence-corrected chi connectivity index (χ4v) is 3.26. The molecular formula is C20H23F2N9O. The predicted molar refractivity (Wildman–Crippen MR) is 117 cm³/mol. The number of carbonyl (C=O) groups is 1. The highest BCUT2D eigenvalue weighted by atomic mass is 19.3. The Balaban J connectivity index is 1.81. The number of nitrogens with one attached hydrogen (secondary N) is 4. The summed E-state index contributed by atoms with van der Waals surface area (Å²) in [6.45, 7) is 0. The third kappa shape index (κ3) is 5.46. The highest BCUT2D eigenvalue weighted by Crippen LogP contribution is 2.32. The number of amidine groups is 1. The molecule has 1 aromatic carbocycles. The number of guanidine groups is 1. The summed E-state index contributed by atoms with van der Waals surface area (Å²) in [5, 5.41) is 21.3. The molecule has 0 saturated heterocycles. The van der Waals surface area contributed by atoms with Crippen molar-refractivity contribution in [2.45, 2.75) is 37.3 Å². The fraction of sp³-hybridized carbons (Fsp3) is 0.300. The van der Waals surface area contributed by atoms with Gasteiger partial charge in [0.15, 0.2) is 17.4 Å². The monoisotopic (exact) mass is 443 g/mol. The minimum absolute atomic E-state index is 0.242. The number of aliphatic imine (C=N–C) groups is 1. The quantitative estimate of drug-likeness (QED) is 0.301. The average molecular weight is 443 g/mol. The van der Waals surface area contributed by atoms with Crippen LogP contribution in [0.15, 0.2) is 47.7 Å². The number of aromatic nitrogens is 2. The number of nitrogens with zero attached hydrogens (tertiary/aromatic N) is 3. The minimum Gasteiger partial charge on any atom is -0.364 e. The summed E-state index contributed by atoms with van der Waals surface area (Å²) >= 11 is 0. The lowest BCUT2D eigenvalue weighted by molar-refractivity contribution is -0.111. The van der Waals surface area contributed by atoms with Gasteiger partial charge in [0.2, 0.25) is 5.96 Å². The molecule has 0 spiro atoms. The van der Waals surface area contributed by atoms with Gasteiger partial charge < -0.3 is 22.1 Å². The molecule has 12 heteroatoms. The van der Waals surface area contributed by atoms with Crippen LogP contribution in [0, 0.1) is 10.8 Å². The molecule has 10 nitrogen and oxygen atoms in total. The van der Waals surface area contributed by atoms with E-state index in [2.05, 4.69) is 25.6 Å². The predicted octanol–water partition coefficient (Wildman–Crippen LogP) is 1.50. The molecule has 32 heavy (non-hydrogen) atoms. The van der Waals surface area contributed by atoms with Crippen LogP contribution in [0.1, 0.15) is 19.3 Å². The molecule has 1 aromatic heterocycles. The molecule has 2 atom stereocenters. The van der Waals surface area contributed by atoms with Gasteiger partial charge in [-0.25, -0.2) is 18.7 Å². The number of primary amides is 1. The van der Waals surface area contributed by atoms with Crippen LogP contribution in [0.25, 0.3) is 11.4 Å². The molecule has 1 heterocycles. The van der Waals surface area contributed by atoms with Crippen molar-refractivity contribution in [2.75, 3.05) is 5.32 Å². The van der Waals surface area contributed by atoms with Crippen molar-refractivity contribution in [1.82, 2.24) is 15.3 Å². The van der Waals surface area contributed by atoms with Gasteiger partial charge in [0.25, 0.3) is 11.8 Å². The number of hydrogen-bond donors (Lipinski definition) is 6. The van der Waals surface area contributed by atoms with Gasteiger partial charge in [-0.1, -0.05) is 12.1 Å². The molecule has 168 valence electrons. The van der Waals surface area contributed by atoms with Crippen LogP contribution < -0.4 is 22.1 Å². The Labute approximate surface area is 182 Å². The molecule has 0 radical (unpaired) electrons. The first-order valence-electron chi connectivity index (χ1n) is 9.78. The van der Waals surface area contributed by atoms with Gasteiger partial charge >= 0.3 is 0 Å². The van der Waals surface area contributed by atoms with Gasteiger partial charge in [0, 0.05) is 36.1 Å². The zero-order valence-electron chi connectivity index (χ0n) is 17.0. The number of rotatable bonds is 5. The van der Waals surface area contributed by atoms with E-state index in [1.54, 1.807) is 42.7 Å². The molecule has 1 aliphatic rings. The number of alkyl halides is 2. The van der Waals surface area contributed by atoms with Crippen molar-refractivity contribution in [3.05, 3.63) is 42.7 Å². The van der Waals surface area contributed by atoms with Crippen molar-refractivity contribution in [3.63, 3.8) is 0 Å². The number of hydrogen-bond acceptors (Lipinski definition) is 6. The lowest BCUT2D eigenvalue weighted by Crippen LogP contribution is -2.58. The Hall–Kier alpha value is -3.80. The normalized spacial score (nSPS) is 20.3. The third-order valence-electron chi connectivity index (χ3n) is 4.92. The SMILES string of the molecule is N=C(/N=C(/Nc1cccc(-c2ncccn2)c1)C(=N)C(N)=O)N[C@@H]1CCCC(F)(F)[C@@H]1N. The van der Waals surface area contributed by atoms with Crippen molar-refractivity contribution < 1.29 is 13.6 Å². The number of carbonyl (C=O) groups excluding carboxylic acids is 1. The Morgan fingerprint density at radius 2 is 1.94 bits per heavy atom. The first-order chi connectivity index (χ1) is 15.2. The van der Waals surface area contributed by atoms with Crippen LogP contribution in [0.3, 0.4) is 0 Å². The van der Waals surface area contributed by atoms with Crippen molar-refractivity contribution in [1.29, 1.82) is 10.8 Å². The average Bonchev–Trinajstić information content (AvgIpc) is 2.76. The Morgan fingerprint density at radius 1 is 1.22 bits per heavy atom. The zero-order chi connectivity index (χ0) is 23.3. The molecule has 0 bridgehead atoms. The second-order valence-electron chi connectivity index (χ2n) is 7.26. The summed E-state index contributed by atoms with van der Waals surface area (Å²) in [6, 6.07) is 6.09. The molecular weight excluding hydrogens is 420 g/mol. The van der Waals surface area contributed by atoms with Gasteiger partial charge in [0.05, 0.1) is 6.04 Å². The summed E-state index contributed by atoms with van der Waals surface area (Å²) < 4.78 is 27.7. The zero-order valence-corrected chi connectivity index (χ0v) is 17.0. The van der Waals surface area contributed by atoms with E-state index in [4.69, 9.17) is 22.3 Å².